The SMILES string of the molecule is CN1CCN(c2nc(N)nc3c2CCCc2ccccc2-3)CC1. The molecule has 2 heterocycles. The van der Waals surface area contributed by atoms with Gasteiger partial charge in [-0.05, 0) is 31.9 Å². The van der Waals surface area contributed by atoms with Crippen LogP contribution in [0.1, 0.15) is 17.5 Å². The van der Waals surface area contributed by atoms with Crippen LogP contribution < -0.4 is 10.6 Å². The molecule has 0 spiro atoms. The summed E-state index contributed by atoms with van der Waals surface area (Å²) in [5.41, 5.74) is 11.0. The number of hydrogen-bond acceptors (Lipinski definition) is 5. The molecule has 120 valence electrons. The van der Waals surface area contributed by atoms with Crippen LogP contribution in [0.2, 0.25) is 0 Å². The van der Waals surface area contributed by atoms with Crippen molar-refractivity contribution in [2.24, 2.45) is 0 Å². The summed E-state index contributed by atoms with van der Waals surface area (Å²) in [6.07, 6.45) is 3.25. The number of aryl methyl sites for hydroxylation is 1. The number of aromatic nitrogens is 2. The lowest BCUT2D eigenvalue weighted by Crippen LogP contribution is -2.45. The Morgan fingerprint density at radius 2 is 1.78 bits per heavy atom. The van der Waals surface area contributed by atoms with Crippen molar-refractivity contribution >= 4 is 11.8 Å². The Morgan fingerprint density at radius 3 is 2.61 bits per heavy atom. The van der Waals surface area contributed by atoms with Gasteiger partial charge in [0.15, 0.2) is 0 Å². The Labute approximate surface area is 137 Å². The van der Waals surface area contributed by atoms with Crippen LogP contribution in [0, 0.1) is 0 Å². The topological polar surface area (TPSA) is 58.3 Å². The zero-order valence-corrected chi connectivity index (χ0v) is 13.6. The van der Waals surface area contributed by atoms with Gasteiger partial charge in [0.05, 0.1) is 5.69 Å². The van der Waals surface area contributed by atoms with Crippen LogP contribution in [0.3, 0.4) is 0 Å². The lowest BCUT2D eigenvalue weighted by molar-refractivity contribution is 0.312. The second-order valence-corrected chi connectivity index (χ2v) is 6.53. The molecule has 0 bridgehead atoms. The summed E-state index contributed by atoms with van der Waals surface area (Å²) in [7, 11) is 2.17. The maximum absolute atomic E-state index is 6.07. The lowest BCUT2D eigenvalue weighted by Gasteiger charge is -2.34. The molecule has 0 radical (unpaired) electrons. The molecular weight excluding hydrogens is 286 g/mol. The highest BCUT2D eigenvalue weighted by Gasteiger charge is 2.24. The normalized spacial score (nSPS) is 18.2. The van der Waals surface area contributed by atoms with E-state index in [9.17, 15) is 0 Å². The number of anilines is 2. The van der Waals surface area contributed by atoms with Crippen LogP contribution in [0.15, 0.2) is 24.3 Å². The number of nitrogens with zero attached hydrogens (tertiary/aromatic N) is 4. The highest BCUT2D eigenvalue weighted by molar-refractivity contribution is 5.74. The van der Waals surface area contributed by atoms with E-state index in [0.717, 1.165) is 57.0 Å². The molecule has 2 N–H and O–H groups in total. The van der Waals surface area contributed by atoms with Crippen molar-refractivity contribution in [1.29, 1.82) is 0 Å². The van der Waals surface area contributed by atoms with E-state index in [-0.39, 0.29) is 0 Å². The number of rotatable bonds is 1. The van der Waals surface area contributed by atoms with Crippen LogP contribution in [-0.2, 0) is 12.8 Å². The molecule has 5 heteroatoms. The summed E-state index contributed by atoms with van der Waals surface area (Å²) in [5, 5.41) is 0. The van der Waals surface area contributed by atoms with Crippen molar-refractivity contribution < 1.29 is 0 Å². The Hall–Kier alpha value is -2.14. The quantitative estimate of drug-likeness (QED) is 0.873. The van der Waals surface area contributed by atoms with E-state index in [0.29, 0.717) is 5.95 Å². The van der Waals surface area contributed by atoms with Crippen LogP contribution in [-0.4, -0.2) is 48.1 Å². The van der Waals surface area contributed by atoms with Crippen molar-refractivity contribution in [1.82, 2.24) is 14.9 Å². The molecule has 1 aliphatic heterocycles. The molecule has 2 aliphatic rings. The smallest absolute Gasteiger partial charge is 0.222 e. The minimum atomic E-state index is 0.384. The first-order valence-electron chi connectivity index (χ1n) is 8.40. The molecule has 4 rings (SSSR count). The van der Waals surface area contributed by atoms with Gasteiger partial charge in [-0.3, -0.25) is 0 Å². The largest absolute Gasteiger partial charge is 0.368 e. The first kappa shape index (κ1) is 14.5. The van der Waals surface area contributed by atoms with Crippen molar-refractivity contribution in [2.75, 3.05) is 43.9 Å². The first-order chi connectivity index (χ1) is 11.2. The number of likely N-dealkylation sites (N-methyl/N-ethyl adjacent to an activating group) is 1. The molecule has 1 fully saturated rings. The number of piperazine rings is 1. The van der Waals surface area contributed by atoms with E-state index >= 15 is 0 Å². The predicted octanol–water partition coefficient (Wildman–Crippen LogP) is 1.97. The Balaban J connectivity index is 1.83. The van der Waals surface area contributed by atoms with E-state index in [1.807, 2.05) is 0 Å². The summed E-state index contributed by atoms with van der Waals surface area (Å²) < 4.78 is 0. The fourth-order valence-corrected chi connectivity index (χ4v) is 3.65. The van der Waals surface area contributed by atoms with Crippen molar-refractivity contribution in [3.63, 3.8) is 0 Å². The maximum atomic E-state index is 6.07. The molecule has 1 aromatic heterocycles. The molecule has 0 unspecified atom stereocenters. The minimum absolute atomic E-state index is 0.384. The summed E-state index contributed by atoms with van der Waals surface area (Å²) >= 11 is 0. The molecule has 1 aliphatic carbocycles. The van der Waals surface area contributed by atoms with E-state index in [1.54, 1.807) is 0 Å². The maximum Gasteiger partial charge on any atom is 0.222 e. The molecule has 0 saturated carbocycles. The number of nitrogen functional groups attached to an aromatic ring is 1. The van der Waals surface area contributed by atoms with Crippen LogP contribution in [0.4, 0.5) is 11.8 Å². The molecule has 2 aromatic rings. The van der Waals surface area contributed by atoms with E-state index in [4.69, 9.17) is 5.73 Å². The molecular formula is C18H23N5. The molecule has 0 amide bonds. The molecule has 23 heavy (non-hydrogen) atoms. The predicted molar refractivity (Wildman–Crippen MR) is 93.6 cm³/mol. The summed E-state index contributed by atoms with van der Waals surface area (Å²) in [4.78, 5) is 14.0. The highest BCUT2D eigenvalue weighted by atomic mass is 15.3. The van der Waals surface area contributed by atoms with Crippen molar-refractivity contribution in [3.8, 4) is 11.3 Å². The second-order valence-electron chi connectivity index (χ2n) is 6.53. The fourth-order valence-electron chi connectivity index (χ4n) is 3.65. The monoisotopic (exact) mass is 309 g/mol. The van der Waals surface area contributed by atoms with Crippen LogP contribution in [0.25, 0.3) is 11.3 Å². The Kier molecular flexibility index (Phi) is 3.65. The molecule has 0 atom stereocenters. The van der Waals surface area contributed by atoms with Gasteiger partial charge in [0.1, 0.15) is 5.82 Å². The standard InChI is InChI=1S/C18H23N5/c1-22-9-11-23(12-10-22)17-15-8-4-6-13-5-2-3-7-14(13)16(15)20-18(19)21-17/h2-3,5,7H,4,6,8-12H2,1H3,(H2,19,20,21). The van der Waals surface area contributed by atoms with Gasteiger partial charge in [0.2, 0.25) is 5.95 Å². The number of nitrogens with two attached hydrogens (primary N) is 1. The Bertz CT molecular complexity index is 719. The van der Waals surface area contributed by atoms with Crippen molar-refractivity contribution in [3.05, 3.63) is 35.4 Å². The van der Waals surface area contributed by atoms with Gasteiger partial charge in [-0.1, -0.05) is 24.3 Å². The van der Waals surface area contributed by atoms with Gasteiger partial charge < -0.3 is 15.5 Å². The van der Waals surface area contributed by atoms with Gasteiger partial charge in [0.25, 0.3) is 0 Å². The third-order valence-corrected chi connectivity index (χ3v) is 4.95. The van der Waals surface area contributed by atoms with E-state index < -0.39 is 0 Å². The highest BCUT2D eigenvalue weighted by Crippen LogP contribution is 2.36. The Morgan fingerprint density at radius 1 is 1.00 bits per heavy atom. The number of fused-ring (bicyclic) bond motifs is 3. The zero-order valence-electron chi connectivity index (χ0n) is 13.6. The first-order valence-corrected chi connectivity index (χ1v) is 8.40. The lowest BCUT2D eigenvalue weighted by atomic mass is 10.0. The number of benzene rings is 1. The second kappa shape index (κ2) is 5.81. The molecule has 5 nitrogen and oxygen atoms in total. The van der Waals surface area contributed by atoms with Crippen LogP contribution in [0.5, 0.6) is 0 Å². The van der Waals surface area contributed by atoms with Gasteiger partial charge in [-0.2, -0.15) is 4.98 Å². The third kappa shape index (κ3) is 2.65. The summed E-state index contributed by atoms with van der Waals surface area (Å²) in [5.74, 6) is 1.44. The van der Waals surface area contributed by atoms with Crippen LogP contribution >= 0.6 is 0 Å². The van der Waals surface area contributed by atoms with Crippen molar-refractivity contribution in [2.45, 2.75) is 19.3 Å². The summed E-state index contributed by atoms with van der Waals surface area (Å²) in [6, 6.07) is 8.56. The minimum Gasteiger partial charge on any atom is -0.368 e. The van der Waals surface area contributed by atoms with Gasteiger partial charge in [0, 0.05) is 37.3 Å². The molecule has 1 saturated heterocycles. The average molecular weight is 309 g/mol. The number of hydrogen-bond donors (Lipinski definition) is 1. The zero-order chi connectivity index (χ0) is 15.8. The van der Waals surface area contributed by atoms with Gasteiger partial charge in [-0.15, -0.1) is 0 Å². The third-order valence-electron chi connectivity index (χ3n) is 4.95. The van der Waals surface area contributed by atoms with Gasteiger partial charge >= 0.3 is 0 Å². The molecule has 1 aromatic carbocycles. The van der Waals surface area contributed by atoms with Gasteiger partial charge in [-0.25, -0.2) is 4.98 Å². The van der Waals surface area contributed by atoms with E-state index in [2.05, 4.69) is 51.1 Å². The summed E-state index contributed by atoms with van der Waals surface area (Å²) in [6.45, 7) is 4.13. The van der Waals surface area contributed by atoms with E-state index in [1.165, 1.54) is 16.7 Å². The average Bonchev–Trinajstić information content (AvgIpc) is 2.75. The fraction of sp³-hybridized carbons (Fsp3) is 0.444.